The molecule has 28 heavy (non-hydrogen) atoms. The molecule has 1 fully saturated rings. The van der Waals surface area contributed by atoms with Crippen molar-refractivity contribution in [3.05, 3.63) is 33.1 Å². The molecule has 8 nitrogen and oxygen atoms in total. The van der Waals surface area contributed by atoms with Gasteiger partial charge in [-0.1, -0.05) is 24.3 Å². The number of aromatic hydroxyl groups is 1. The van der Waals surface area contributed by atoms with Gasteiger partial charge in [-0.2, -0.15) is 4.52 Å². The van der Waals surface area contributed by atoms with Gasteiger partial charge in [0.25, 0.3) is 0 Å². The first-order valence-corrected chi connectivity index (χ1v) is 11.1. The van der Waals surface area contributed by atoms with Crippen LogP contribution in [0.25, 0.3) is 4.96 Å². The van der Waals surface area contributed by atoms with Gasteiger partial charge in [0, 0.05) is 37.5 Å². The van der Waals surface area contributed by atoms with E-state index in [1.165, 1.54) is 15.9 Å². The summed E-state index contributed by atoms with van der Waals surface area (Å²) in [7, 11) is 0. The number of piperazine rings is 1. The van der Waals surface area contributed by atoms with Crippen LogP contribution in [0, 0.1) is 0 Å². The van der Waals surface area contributed by atoms with E-state index in [0.717, 1.165) is 22.0 Å². The first-order valence-electron chi connectivity index (χ1n) is 9.38. The van der Waals surface area contributed by atoms with E-state index in [4.69, 9.17) is 4.74 Å². The fourth-order valence-corrected chi connectivity index (χ4v) is 5.49. The molecule has 1 atom stereocenters. The molecule has 1 aliphatic rings. The van der Waals surface area contributed by atoms with Crippen LogP contribution in [-0.2, 0) is 11.2 Å². The highest BCUT2D eigenvalue weighted by atomic mass is 32.1. The predicted octanol–water partition coefficient (Wildman–Crippen LogP) is 2.98. The summed E-state index contributed by atoms with van der Waals surface area (Å²) in [4.78, 5) is 23.2. The second-order valence-electron chi connectivity index (χ2n) is 6.51. The van der Waals surface area contributed by atoms with E-state index in [-0.39, 0.29) is 18.0 Å². The lowest BCUT2D eigenvalue weighted by Crippen LogP contribution is -2.49. The molecule has 1 N–H and O–H groups in total. The van der Waals surface area contributed by atoms with Gasteiger partial charge < -0.3 is 14.7 Å². The van der Waals surface area contributed by atoms with Crippen molar-refractivity contribution in [3.8, 4) is 5.88 Å². The van der Waals surface area contributed by atoms with Gasteiger partial charge in [0.2, 0.25) is 10.8 Å². The zero-order valence-electron chi connectivity index (χ0n) is 15.9. The molecule has 0 aliphatic carbocycles. The van der Waals surface area contributed by atoms with Gasteiger partial charge in [0.05, 0.1) is 17.5 Å². The lowest BCUT2D eigenvalue weighted by molar-refractivity contribution is 0.0719. The van der Waals surface area contributed by atoms with Gasteiger partial charge in [-0.15, -0.1) is 16.4 Å². The van der Waals surface area contributed by atoms with Crippen molar-refractivity contribution in [3.63, 3.8) is 0 Å². The normalized spacial score (nSPS) is 16.6. The van der Waals surface area contributed by atoms with Crippen molar-refractivity contribution >= 4 is 33.7 Å². The minimum absolute atomic E-state index is 0.0806. The van der Waals surface area contributed by atoms with E-state index in [1.807, 2.05) is 25.3 Å². The lowest BCUT2D eigenvalue weighted by atomic mass is 10.1. The highest BCUT2D eigenvalue weighted by Gasteiger charge is 2.33. The summed E-state index contributed by atoms with van der Waals surface area (Å²) in [6.45, 7) is 6.80. The Labute approximate surface area is 171 Å². The van der Waals surface area contributed by atoms with Crippen LogP contribution in [0.4, 0.5) is 4.79 Å². The minimum Gasteiger partial charge on any atom is -0.492 e. The Morgan fingerprint density at radius 3 is 2.71 bits per heavy atom. The van der Waals surface area contributed by atoms with Gasteiger partial charge in [-0.3, -0.25) is 4.90 Å². The number of aryl methyl sites for hydroxylation is 1. The SMILES string of the molecule is CCOC(=O)N1CCN(C(c2cccs2)c2sc3nc(CC)nn3c2O)CC1. The summed E-state index contributed by atoms with van der Waals surface area (Å²) >= 11 is 3.14. The molecule has 1 amide bonds. The van der Waals surface area contributed by atoms with Gasteiger partial charge in [0.15, 0.2) is 5.82 Å². The van der Waals surface area contributed by atoms with Crippen molar-refractivity contribution in [2.24, 2.45) is 0 Å². The molecule has 1 unspecified atom stereocenters. The average Bonchev–Trinajstić information content (AvgIpc) is 3.42. The largest absolute Gasteiger partial charge is 0.492 e. The fourth-order valence-electron chi connectivity index (χ4n) is 3.42. The molecule has 0 aromatic carbocycles. The molecule has 4 rings (SSSR count). The van der Waals surface area contributed by atoms with Crippen molar-refractivity contribution in [1.82, 2.24) is 24.4 Å². The van der Waals surface area contributed by atoms with Crippen molar-refractivity contribution in [2.45, 2.75) is 26.3 Å². The molecule has 0 radical (unpaired) electrons. The first kappa shape index (κ1) is 19.2. The Bertz CT molecular complexity index is 944. The van der Waals surface area contributed by atoms with E-state index >= 15 is 0 Å². The Kier molecular flexibility index (Phi) is 5.51. The smallest absolute Gasteiger partial charge is 0.409 e. The second kappa shape index (κ2) is 8.06. The zero-order chi connectivity index (χ0) is 19.7. The second-order valence-corrected chi connectivity index (χ2v) is 8.49. The molecule has 4 heterocycles. The van der Waals surface area contributed by atoms with Crippen LogP contribution in [0.15, 0.2) is 17.5 Å². The number of nitrogens with zero attached hydrogens (tertiary/aromatic N) is 5. The van der Waals surface area contributed by atoms with Crippen molar-refractivity contribution in [1.29, 1.82) is 0 Å². The number of aromatic nitrogens is 3. The van der Waals surface area contributed by atoms with E-state index in [0.29, 0.717) is 37.7 Å². The molecule has 150 valence electrons. The van der Waals surface area contributed by atoms with Crippen molar-refractivity contribution < 1.29 is 14.6 Å². The minimum atomic E-state index is -0.261. The summed E-state index contributed by atoms with van der Waals surface area (Å²) < 4.78 is 6.65. The van der Waals surface area contributed by atoms with E-state index in [9.17, 15) is 9.90 Å². The number of fused-ring (bicyclic) bond motifs is 1. The monoisotopic (exact) mass is 421 g/mol. The third kappa shape index (κ3) is 3.47. The number of rotatable bonds is 5. The molecule has 0 spiro atoms. The van der Waals surface area contributed by atoms with Crippen LogP contribution in [-0.4, -0.2) is 68.4 Å². The Morgan fingerprint density at radius 1 is 1.32 bits per heavy atom. The fraction of sp³-hybridized carbons (Fsp3) is 0.500. The maximum absolute atomic E-state index is 12.0. The van der Waals surface area contributed by atoms with E-state index < -0.39 is 0 Å². The summed E-state index contributed by atoms with van der Waals surface area (Å²) in [6.07, 6.45) is 0.469. The third-order valence-electron chi connectivity index (χ3n) is 4.83. The number of thiophene rings is 1. The van der Waals surface area contributed by atoms with E-state index in [1.54, 1.807) is 16.2 Å². The Hall–Kier alpha value is -2.17. The zero-order valence-corrected chi connectivity index (χ0v) is 17.5. The predicted molar refractivity (Wildman–Crippen MR) is 108 cm³/mol. The van der Waals surface area contributed by atoms with Gasteiger partial charge in [-0.25, -0.2) is 9.78 Å². The Balaban J connectivity index is 1.62. The summed E-state index contributed by atoms with van der Waals surface area (Å²) in [6, 6.07) is 4.02. The molecular weight excluding hydrogens is 398 g/mol. The van der Waals surface area contributed by atoms with E-state index in [2.05, 4.69) is 21.0 Å². The average molecular weight is 422 g/mol. The number of hydrogen-bond donors (Lipinski definition) is 1. The van der Waals surface area contributed by atoms with Gasteiger partial charge in [0.1, 0.15) is 0 Å². The molecule has 10 heteroatoms. The summed E-state index contributed by atoms with van der Waals surface area (Å²) in [5, 5.41) is 17.3. The number of hydrogen-bond acceptors (Lipinski definition) is 8. The molecular formula is C18H23N5O3S2. The molecule has 1 aliphatic heterocycles. The van der Waals surface area contributed by atoms with Crippen LogP contribution < -0.4 is 0 Å². The number of carbonyl (C=O) groups excluding carboxylic acids is 1. The summed E-state index contributed by atoms with van der Waals surface area (Å²) in [5.41, 5.74) is 0. The molecule has 3 aromatic heterocycles. The van der Waals surface area contributed by atoms with Gasteiger partial charge in [-0.05, 0) is 18.4 Å². The first-order chi connectivity index (χ1) is 13.6. The highest BCUT2D eigenvalue weighted by molar-refractivity contribution is 7.17. The van der Waals surface area contributed by atoms with Crippen LogP contribution in [0.3, 0.4) is 0 Å². The van der Waals surface area contributed by atoms with Crippen molar-refractivity contribution in [2.75, 3.05) is 32.8 Å². The Morgan fingerprint density at radius 2 is 2.11 bits per heavy atom. The third-order valence-corrected chi connectivity index (χ3v) is 6.82. The number of carbonyl (C=O) groups is 1. The topological polar surface area (TPSA) is 83.2 Å². The number of thiazole rings is 1. The number of amides is 1. The highest BCUT2D eigenvalue weighted by Crippen LogP contribution is 2.41. The van der Waals surface area contributed by atoms with Crippen LogP contribution in [0.2, 0.25) is 0 Å². The molecule has 1 saturated heterocycles. The van der Waals surface area contributed by atoms with Crippen LogP contribution in [0.5, 0.6) is 5.88 Å². The quantitative estimate of drug-likeness (QED) is 0.682. The standard InChI is InChI=1S/C18H23N5O3S2/c1-3-13-19-17-23(20-13)16(24)15(28-17)14(12-6-5-11-27-12)21-7-9-22(10-8-21)18(25)26-4-2/h5-6,11,14,24H,3-4,7-10H2,1-2H3. The summed E-state index contributed by atoms with van der Waals surface area (Å²) in [5.74, 6) is 0.877. The number of ether oxygens (including phenoxy) is 1. The lowest BCUT2D eigenvalue weighted by Gasteiger charge is -2.38. The van der Waals surface area contributed by atoms with Gasteiger partial charge >= 0.3 is 6.09 Å². The maximum atomic E-state index is 12.0. The maximum Gasteiger partial charge on any atom is 0.409 e. The van der Waals surface area contributed by atoms with Crippen LogP contribution in [0.1, 0.15) is 35.5 Å². The molecule has 0 bridgehead atoms. The molecule has 3 aromatic rings. The van der Waals surface area contributed by atoms with Crippen LogP contribution >= 0.6 is 22.7 Å². The molecule has 0 saturated carbocycles.